The van der Waals surface area contributed by atoms with Gasteiger partial charge in [-0.1, -0.05) is 24.6 Å². The number of hydrogen-bond donors (Lipinski definition) is 1. The van der Waals surface area contributed by atoms with Gasteiger partial charge >= 0.3 is 5.97 Å². The summed E-state index contributed by atoms with van der Waals surface area (Å²) in [5.74, 6) is -2.49. The highest BCUT2D eigenvalue weighted by Gasteiger charge is 2.48. The van der Waals surface area contributed by atoms with Crippen LogP contribution in [0.25, 0.3) is 5.76 Å². The second-order valence-corrected chi connectivity index (χ2v) is 8.84. The lowest BCUT2D eigenvalue weighted by atomic mass is 9.97. The first-order valence-electron chi connectivity index (χ1n) is 11.6. The van der Waals surface area contributed by atoms with Crippen LogP contribution in [0.1, 0.15) is 46.6 Å². The molecule has 1 aromatic heterocycles. The predicted octanol–water partition coefficient (Wildman–Crippen LogP) is 5.25. The van der Waals surface area contributed by atoms with E-state index >= 15 is 0 Å². The Kier molecular flexibility index (Phi) is 7.59. The Morgan fingerprint density at radius 2 is 1.86 bits per heavy atom. The van der Waals surface area contributed by atoms with Crippen molar-refractivity contribution in [1.29, 1.82) is 0 Å². The Bertz CT molecular complexity index is 1390. The van der Waals surface area contributed by atoms with Crippen LogP contribution in [-0.2, 0) is 14.3 Å². The smallest absolute Gasteiger partial charge is 0.338 e. The van der Waals surface area contributed by atoms with Crippen molar-refractivity contribution in [2.24, 2.45) is 0 Å². The van der Waals surface area contributed by atoms with Gasteiger partial charge in [0.05, 0.1) is 41.1 Å². The summed E-state index contributed by atoms with van der Waals surface area (Å²) in [6.45, 7) is 3.97. The van der Waals surface area contributed by atoms with Gasteiger partial charge in [-0.05, 0) is 67.4 Å². The summed E-state index contributed by atoms with van der Waals surface area (Å²) in [5, 5.41) is 11.7. The molecule has 0 spiro atoms. The molecule has 37 heavy (non-hydrogen) atoms. The van der Waals surface area contributed by atoms with Crippen molar-refractivity contribution < 1.29 is 29.0 Å². The topological polar surface area (TPSA) is 106 Å². The summed E-state index contributed by atoms with van der Waals surface area (Å²) in [7, 11) is 1.40. The van der Waals surface area contributed by atoms with Crippen LogP contribution in [0, 0.1) is 6.92 Å². The fourth-order valence-electron chi connectivity index (χ4n) is 4.21. The van der Waals surface area contributed by atoms with E-state index in [4.69, 9.17) is 21.1 Å². The van der Waals surface area contributed by atoms with Crippen LogP contribution in [0.4, 0.5) is 5.69 Å². The van der Waals surface area contributed by atoms with E-state index in [-0.39, 0.29) is 21.9 Å². The van der Waals surface area contributed by atoms with Crippen molar-refractivity contribution in [3.63, 3.8) is 0 Å². The number of nitrogens with zero attached hydrogens (tertiary/aromatic N) is 2. The lowest BCUT2D eigenvalue weighted by Gasteiger charge is -2.25. The highest BCUT2D eigenvalue weighted by molar-refractivity contribution is 6.51. The number of carbonyl (C=O) groups excluding carboxylic acids is 3. The molecule has 190 valence electrons. The number of ketones is 1. The summed E-state index contributed by atoms with van der Waals surface area (Å²) >= 11 is 6.33. The van der Waals surface area contributed by atoms with E-state index in [0.29, 0.717) is 30.0 Å². The zero-order chi connectivity index (χ0) is 26.7. The summed E-state index contributed by atoms with van der Waals surface area (Å²) in [6, 6.07) is 13.5. The van der Waals surface area contributed by atoms with Gasteiger partial charge in [0, 0.05) is 11.9 Å². The number of amides is 1. The Morgan fingerprint density at radius 1 is 1.14 bits per heavy atom. The molecule has 3 aromatic rings. The summed E-state index contributed by atoms with van der Waals surface area (Å²) in [4.78, 5) is 44.5. The second-order valence-electron chi connectivity index (χ2n) is 8.43. The van der Waals surface area contributed by atoms with Crippen LogP contribution in [0.15, 0.2) is 66.4 Å². The molecular formula is C28H25ClN2O6. The molecule has 0 bridgehead atoms. The average Bonchev–Trinajstić information content (AvgIpc) is 3.17. The Hall–Kier alpha value is -4.17. The molecule has 9 heteroatoms. The number of methoxy groups -OCH3 is 1. The number of aliphatic hydroxyl groups excluding tert-OH is 1. The van der Waals surface area contributed by atoms with Crippen molar-refractivity contribution in [3.8, 4) is 5.75 Å². The Morgan fingerprint density at radius 3 is 2.49 bits per heavy atom. The lowest BCUT2D eigenvalue weighted by molar-refractivity contribution is -0.132. The van der Waals surface area contributed by atoms with Crippen molar-refractivity contribution in [2.45, 2.75) is 26.3 Å². The van der Waals surface area contributed by atoms with E-state index in [1.807, 2.05) is 6.92 Å². The minimum absolute atomic E-state index is 0.157. The molecule has 1 N–H and O–H groups in total. The molecule has 4 rings (SSSR count). The molecule has 1 saturated heterocycles. The SMILES string of the molecule is CCCOC(=O)c1ccc(N2C(=O)C(=O)/C(=C(/O)c3cc(C)cc(Cl)c3OC)C2c2ccccn2)cc1. The van der Waals surface area contributed by atoms with Gasteiger partial charge in [-0.3, -0.25) is 19.5 Å². The van der Waals surface area contributed by atoms with Gasteiger partial charge in [-0.25, -0.2) is 4.79 Å². The number of benzene rings is 2. The number of aryl methyl sites for hydroxylation is 1. The minimum Gasteiger partial charge on any atom is -0.507 e. The number of pyridine rings is 1. The number of aliphatic hydroxyl groups is 1. The third-order valence-corrected chi connectivity index (χ3v) is 6.16. The van der Waals surface area contributed by atoms with E-state index in [1.54, 1.807) is 49.4 Å². The third-order valence-electron chi connectivity index (χ3n) is 5.88. The zero-order valence-electron chi connectivity index (χ0n) is 20.5. The molecule has 8 nitrogen and oxygen atoms in total. The number of rotatable bonds is 7. The monoisotopic (exact) mass is 520 g/mol. The number of hydrogen-bond acceptors (Lipinski definition) is 7. The standard InChI is InChI=1S/C28H25ClN2O6/c1-4-13-37-28(35)17-8-10-18(11-9-17)31-23(21-7-5-6-12-30-21)22(25(33)27(31)34)24(32)19-14-16(2)15-20(29)26(19)36-3/h5-12,14-15,23,32H,4,13H2,1-3H3/b24-22+. The van der Waals surface area contributed by atoms with Gasteiger partial charge in [0.25, 0.3) is 11.7 Å². The largest absolute Gasteiger partial charge is 0.507 e. The number of esters is 1. The number of Topliss-reactive ketones (excluding diaryl/α,β-unsaturated/α-hetero) is 1. The number of aromatic nitrogens is 1. The van der Waals surface area contributed by atoms with Crippen LogP contribution in [0.2, 0.25) is 5.02 Å². The normalized spacial score (nSPS) is 16.6. The van der Waals surface area contributed by atoms with Crippen LogP contribution in [0.3, 0.4) is 0 Å². The first-order chi connectivity index (χ1) is 17.8. The summed E-state index contributed by atoms with van der Waals surface area (Å²) < 4.78 is 10.6. The summed E-state index contributed by atoms with van der Waals surface area (Å²) in [6.07, 6.45) is 2.22. The molecule has 2 aromatic carbocycles. The third kappa shape index (κ3) is 4.93. The van der Waals surface area contributed by atoms with Gasteiger partial charge < -0.3 is 14.6 Å². The van der Waals surface area contributed by atoms with E-state index in [0.717, 1.165) is 5.56 Å². The molecule has 1 fully saturated rings. The van der Waals surface area contributed by atoms with Gasteiger partial charge in [0.2, 0.25) is 0 Å². The number of halogens is 1. The maximum Gasteiger partial charge on any atom is 0.338 e. The van der Waals surface area contributed by atoms with E-state index in [1.165, 1.54) is 30.3 Å². The highest BCUT2D eigenvalue weighted by atomic mass is 35.5. The number of anilines is 1. The van der Waals surface area contributed by atoms with Crippen molar-refractivity contribution >= 4 is 40.7 Å². The Labute approximate surface area is 219 Å². The summed E-state index contributed by atoms with van der Waals surface area (Å²) in [5.41, 5.74) is 1.77. The zero-order valence-corrected chi connectivity index (χ0v) is 21.3. The first kappa shape index (κ1) is 25.9. The molecule has 0 saturated carbocycles. The van der Waals surface area contributed by atoms with Crippen molar-refractivity contribution in [3.05, 3.63) is 93.8 Å². The maximum atomic E-state index is 13.4. The molecular weight excluding hydrogens is 496 g/mol. The van der Waals surface area contributed by atoms with Gasteiger partial charge in [-0.15, -0.1) is 0 Å². The van der Waals surface area contributed by atoms with E-state index < -0.39 is 29.5 Å². The molecule has 1 aliphatic rings. The highest BCUT2D eigenvalue weighted by Crippen LogP contribution is 2.44. The minimum atomic E-state index is -1.04. The van der Waals surface area contributed by atoms with Crippen LogP contribution in [-0.4, -0.2) is 41.5 Å². The van der Waals surface area contributed by atoms with Crippen molar-refractivity contribution in [2.75, 3.05) is 18.6 Å². The number of carbonyl (C=O) groups is 3. The molecule has 0 aliphatic carbocycles. The molecule has 1 aliphatic heterocycles. The average molecular weight is 521 g/mol. The predicted molar refractivity (Wildman–Crippen MR) is 139 cm³/mol. The molecule has 1 atom stereocenters. The maximum absolute atomic E-state index is 13.4. The first-order valence-corrected chi connectivity index (χ1v) is 12.0. The van der Waals surface area contributed by atoms with Gasteiger partial charge in [0.15, 0.2) is 0 Å². The molecule has 2 heterocycles. The van der Waals surface area contributed by atoms with Gasteiger partial charge in [0.1, 0.15) is 17.6 Å². The van der Waals surface area contributed by atoms with Gasteiger partial charge in [-0.2, -0.15) is 0 Å². The van der Waals surface area contributed by atoms with Crippen LogP contribution >= 0.6 is 11.6 Å². The van der Waals surface area contributed by atoms with E-state index in [9.17, 15) is 19.5 Å². The number of ether oxygens (including phenoxy) is 2. The fourth-order valence-corrected chi connectivity index (χ4v) is 4.56. The van der Waals surface area contributed by atoms with Crippen LogP contribution in [0.5, 0.6) is 5.75 Å². The molecule has 0 radical (unpaired) electrons. The second kappa shape index (κ2) is 10.8. The lowest BCUT2D eigenvalue weighted by Crippen LogP contribution is -2.29. The molecule has 1 unspecified atom stereocenters. The van der Waals surface area contributed by atoms with Crippen LogP contribution < -0.4 is 9.64 Å². The van der Waals surface area contributed by atoms with Crippen molar-refractivity contribution in [1.82, 2.24) is 4.98 Å². The van der Waals surface area contributed by atoms with E-state index in [2.05, 4.69) is 4.98 Å². The molecule has 1 amide bonds. The fraction of sp³-hybridized carbons (Fsp3) is 0.214. The quantitative estimate of drug-likeness (QED) is 0.196. The Balaban J connectivity index is 1.87.